The number of nitrogens with zero attached hydrogens (tertiary/aromatic N) is 1. The molecule has 0 bridgehead atoms. The molecule has 3 rings (SSSR count). The average molecular weight is 399 g/mol. The molecule has 2 aromatic rings. The molecule has 1 aliphatic heterocycles. The van der Waals surface area contributed by atoms with E-state index in [0.717, 1.165) is 16.7 Å². The standard InChI is InChI=1S/C19H16N2O6S/c1-27-18(25)13-6-2-4-11(8-13)10-21-16(22)15(28-19(21)26)20-14-7-3-5-12(9-14)17(23)24/h2-9,15,20H,10H2,1H3,(H,23,24)/p-1/t15-/m0/s1. The van der Waals surface area contributed by atoms with Gasteiger partial charge in [-0.15, -0.1) is 0 Å². The van der Waals surface area contributed by atoms with Crippen LogP contribution in [0.1, 0.15) is 26.3 Å². The summed E-state index contributed by atoms with van der Waals surface area (Å²) in [5, 5.41) is 12.5. The Labute approximate surface area is 164 Å². The number of imide groups is 1. The highest BCUT2D eigenvalue weighted by molar-refractivity contribution is 8.15. The van der Waals surface area contributed by atoms with Gasteiger partial charge >= 0.3 is 5.97 Å². The molecule has 1 fully saturated rings. The number of carboxylic acids is 1. The van der Waals surface area contributed by atoms with Crippen LogP contribution in [0.5, 0.6) is 0 Å². The van der Waals surface area contributed by atoms with Gasteiger partial charge in [0.15, 0.2) is 5.37 Å². The first-order valence-electron chi connectivity index (χ1n) is 8.16. The Morgan fingerprint density at radius 3 is 2.57 bits per heavy atom. The molecule has 28 heavy (non-hydrogen) atoms. The van der Waals surface area contributed by atoms with Crippen molar-refractivity contribution >= 4 is 40.5 Å². The van der Waals surface area contributed by atoms with E-state index in [9.17, 15) is 24.3 Å². The number of amides is 2. The van der Waals surface area contributed by atoms with Gasteiger partial charge in [-0.2, -0.15) is 0 Å². The van der Waals surface area contributed by atoms with E-state index >= 15 is 0 Å². The van der Waals surface area contributed by atoms with Crippen molar-refractivity contribution in [2.24, 2.45) is 0 Å². The van der Waals surface area contributed by atoms with Crippen LogP contribution in [-0.4, -0.2) is 40.5 Å². The number of hydrogen-bond donors (Lipinski definition) is 1. The molecule has 8 nitrogen and oxygen atoms in total. The molecule has 144 valence electrons. The van der Waals surface area contributed by atoms with Gasteiger partial charge in [-0.05, 0) is 47.2 Å². The normalized spacial score (nSPS) is 16.2. The van der Waals surface area contributed by atoms with Gasteiger partial charge in [0.1, 0.15) is 0 Å². The number of benzene rings is 2. The second kappa shape index (κ2) is 8.13. The van der Waals surface area contributed by atoms with Crippen LogP contribution in [0.3, 0.4) is 0 Å². The maximum absolute atomic E-state index is 12.6. The van der Waals surface area contributed by atoms with E-state index in [0.29, 0.717) is 16.8 Å². The van der Waals surface area contributed by atoms with Crippen LogP contribution < -0.4 is 10.4 Å². The average Bonchev–Trinajstić information content (AvgIpc) is 2.95. The zero-order chi connectivity index (χ0) is 20.3. The molecule has 0 saturated carbocycles. The third-order valence-electron chi connectivity index (χ3n) is 4.01. The van der Waals surface area contributed by atoms with Crippen molar-refractivity contribution in [2.45, 2.75) is 11.9 Å². The summed E-state index contributed by atoms with van der Waals surface area (Å²) in [6, 6.07) is 12.3. The number of carbonyl (C=O) groups excluding carboxylic acids is 4. The number of nitrogens with one attached hydrogen (secondary N) is 1. The molecular weight excluding hydrogens is 384 g/mol. The number of hydrogen-bond acceptors (Lipinski definition) is 8. The molecule has 0 unspecified atom stereocenters. The summed E-state index contributed by atoms with van der Waals surface area (Å²) in [4.78, 5) is 48.5. The van der Waals surface area contributed by atoms with Crippen molar-refractivity contribution in [1.82, 2.24) is 4.90 Å². The zero-order valence-corrected chi connectivity index (χ0v) is 15.5. The third kappa shape index (κ3) is 4.15. The number of carboxylic acid groups (broad SMARTS) is 1. The fourth-order valence-corrected chi connectivity index (χ4v) is 3.57. The van der Waals surface area contributed by atoms with Crippen LogP contribution in [-0.2, 0) is 16.1 Å². The first kappa shape index (κ1) is 19.4. The highest BCUT2D eigenvalue weighted by Gasteiger charge is 2.39. The first-order valence-corrected chi connectivity index (χ1v) is 9.04. The van der Waals surface area contributed by atoms with E-state index in [1.54, 1.807) is 30.3 Å². The van der Waals surface area contributed by atoms with Crippen LogP contribution in [0.25, 0.3) is 0 Å². The van der Waals surface area contributed by atoms with Crippen LogP contribution in [0, 0.1) is 0 Å². The topological polar surface area (TPSA) is 116 Å². The minimum atomic E-state index is -1.34. The largest absolute Gasteiger partial charge is 0.545 e. The van der Waals surface area contributed by atoms with Crippen molar-refractivity contribution < 1.29 is 29.0 Å². The van der Waals surface area contributed by atoms with Gasteiger partial charge in [-0.25, -0.2) is 4.79 Å². The summed E-state index contributed by atoms with van der Waals surface area (Å²) in [6.07, 6.45) is 0. The quantitative estimate of drug-likeness (QED) is 0.726. The Morgan fingerprint density at radius 1 is 1.14 bits per heavy atom. The number of aromatic carboxylic acids is 1. The molecule has 1 atom stereocenters. The number of anilines is 1. The summed E-state index contributed by atoms with van der Waals surface area (Å²) in [6.45, 7) is 0.00671. The predicted octanol–water partition coefficient (Wildman–Crippen LogP) is 1.47. The minimum absolute atomic E-state index is 0.00671. The highest BCUT2D eigenvalue weighted by Crippen LogP contribution is 2.30. The second-order valence-electron chi connectivity index (χ2n) is 5.89. The Morgan fingerprint density at radius 2 is 1.86 bits per heavy atom. The van der Waals surface area contributed by atoms with Gasteiger partial charge in [-0.1, -0.05) is 24.3 Å². The number of carbonyl (C=O) groups is 4. The van der Waals surface area contributed by atoms with E-state index in [1.807, 2.05) is 0 Å². The van der Waals surface area contributed by atoms with Crippen molar-refractivity contribution in [3.8, 4) is 0 Å². The Hall–Kier alpha value is -3.33. The van der Waals surface area contributed by atoms with Gasteiger partial charge in [0.05, 0.1) is 25.2 Å². The van der Waals surface area contributed by atoms with Gasteiger partial charge in [0, 0.05) is 5.69 Å². The summed E-state index contributed by atoms with van der Waals surface area (Å²) >= 11 is 0.797. The van der Waals surface area contributed by atoms with Crippen molar-refractivity contribution in [2.75, 3.05) is 12.4 Å². The lowest BCUT2D eigenvalue weighted by Crippen LogP contribution is -2.34. The fraction of sp³-hybridized carbons (Fsp3) is 0.158. The molecule has 1 saturated heterocycles. The Balaban J connectivity index is 1.73. The monoisotopic (exact) mass is 399 g/mol. The molecular formula is C19H15N2O6S-. The lowest BCUT2D eigenvalue weighted by atomic mass is 10.1. The number of methoxy groups -OCH3 is 1. The summed E-state index contributed by atoms with van der Waals surface area (Å²) < 4.78 is 4.67. The Bertz CT molecular complexity index is 961. The predicted molar refractivity (Wildman–Crippen MR) is 99.5 cm³/mol. The van der Waals surface area contributed by atoms with Crippen molar-refractivity contribution in [3.05, 3.63) is 65.2 Å². The molecule has 2 amide bonds. The molecule has 1 aliphatic rings. The molecule has 9 heteroatoms. The maximum Gasteiger partial charge on any atom is 0.337 e. The maximum atomic E-state index is 12.6. The van der Waals surface area contributed by atoms with E-state index in [1.165, 1.54) is 25.3 Å². The minimum Gasteiger partial charge on any atom is -0.545 e. The lowest BCUT2D eigenvalue weighted by Gasteiger charge is -2.16. The van der Waals surface area contributed by atoms with E-state index in [-0.39, 0.29) is 12.1 Å². The van der Waals surface area contributed by atoms with Gasteiger partial charge < -0.3 is 20.0 Å². The number of esters is 1. The van der Waals surface area contributed by atoms with Crippen molar-refractivity contribution in [1.29, 1.82) is 0 Å². The Kier molecular flexibility index (Phi) is 5.65. The second-order valence-corrected chi connectivity index (χ2v) is 6.95. The molecule has 0 aliphatic carbocycles. The third-order valence-corrected chi connectivity index (χ3v) is 4.99. The molecule has 2 aromatic carbocycles. The lowest BCUT2D eigenvalue weighted by molar-refractivity contribution is -0.255. The van der Waals surface area contributed by atoms with Gasteiger partial charge in [0.25, 0.3) is 11.1 Å². The summed E-state index contributed by atoms with van der Waals surface area (Å²) in [5.74, 6) is -2.31. The van der Waals surface area contributed by atoms with Crippen LogP contribution >= 0.6 is 11.8 Å². The van der Waals surface area contributed by atoms with Crippen LogP contribution in [0.2, 0.25) is 0 Å². The number of thioether (sulfide) groups is 1. The van der Waals surface area contributed by atoms with E-state index in [4.69, 9.17) is 0 Å². The van der Waals surface area contributed by atoms with E-state index in [2.05, 4.69) is 10.1 Å². The summed E-state index contributed by atoms with van der Waals surface area (Å²) in [7, 11) is 1.27. The van der Waals surface area contributed by atoms with Crippen LogP contribution in [0.4, 0.5) is 10.5 Å². The molecule has 0 spiro atoms. The number of rotatable bonds is 6. The van der Waals surface area contributed by atoms with Gasteiger partial charge in [0.2, 0.25) is 0 Å². The van der Waals surface area contributed by atoms with E-state index < -0.39 is 28.5 Å². The smallest absolute Gasteiger partial charge is 0.337 e. The molecule has 0 radical (unpaired) electrons. The fourth-order valence-electron chi connectivity index (χ4n) is 2.66. The first-order chi connectivity index (χ1) is 13.4. The molecule has 1 N–H and O–H groups in total. The van der Waals surface area contributed by atoms with Crippen LogP contribution in [0.15, 0.2) is 48.5 Å². The molecule has 0 aromatic heterocycles. The van der Waals surface area contributed by atoms with Gasteiger partial charge in [-0.3, -0.25) is 14.5 Å². The van der Waals surface area contributed by atoms with Crippen molar-refractivity contribution in [3.63, 3.8) is 0 Å². The highest BCUT2D eigenvalue weighted by atomic mass is 32.2. The summed E-state index contributed by atoms with van der Waals surface area (Å²) in [5.41, 5.74) is 1.27. The number of ether oxygens (including phenoxy) is 1. The SMILES string of the molecule is COC(=O)c1cccc(CN2C(=O)S[C@H](Nc3cccc(C(=O)[O-])c3)C2=O)c1. The zero-order valence-electron chi connectivity index (χ0n) is 14.7. The molecule has 1 heterocycles.